The summed E-state index contributed by atoms with van der Waals surface area (Å²) in [6.45, 7) is 0.473. The first kappa shape index (κ1) is 15.9. The van der Waals surface area contributed by atoms with Crippen molar-refractivity contribution in [2.45, 2.75) is 6.54 Å². The number of carbonyl (C=O) groups is 1. The van der Waals surface area contributed by atoms with Gasteiger partial charge in [0.05, 0.1) is 0 Å². The summed E-state index contributed by atoms with van der Waals surface area (Å²) in [7, 11) is 0. The van der Waals surface area contributed by atoms with Gasteiger partial charge in [-0.15, -0.1) is 10.2 Å². The van der Waals surface area contributed by atoms with Crippen LogP contribution < -0.4 is 20.1 Å². The molecule has 132 valence electrons. The van der Waals surface area contributed by atoms with E-state index in [1.54, 1.807) is 24.3 Å². The number of ether oxygens (including phenoxy) is 2. The van der Waals surface area contributed by atoms with Gasteiger partial charge in [-0.3, -0.25) is 4.79 Å². The maximum absolute atomic E-state index is 13.3. The second-order valence-corrected chi connectivity index (χ2v) is 5.53. The predicted octanol–water partition coefficient (Wildman–Crippen LogP) is 2.35. The Morgan fingerprint density at radius 3 is 2.92 bits per heavy atom. The maximum Gasteiger partial charge on any atom is 0.275 e. The number of nitrogens with one attached hydrogen (secondary N) is 3. The van der Waals surface area contributed by atoms with Crippen LogP contribution in [0.1, 0.15) is 16.1 Å². The molecule has 26 heavy (non-hydrogen) atoms. The number of anilines is 2. The summed E-state index contributed by atoms with van der Waals surface area (Å²) in [5, 5.41) is 15.8. The van der Waals surface area contributed by atoms with E-state index in [0.29, 0.717) is 17.2 Å². The molecule has 9 heteroatoms. The Kier molecular flexibility index (Phi) is 4.10. The lowest BCUT2D eigenvalue weighted by atomic mass is 10.2. The number of aromatic amines is 1. The van der Waals surface area contributed by atoms with Crippen LogP contribution in [-0.2, 0) is 6.54 Å². The summed E-state index contributed by atoms with van der Waals surface area (Å²) in [5.74, 6) is 0.714. The van der Waals surface area contributed by atoms with Crippen LogP contribution in [0.15, 0.2) is 42.5 Å². The molecule has 2 heterocycles. The largest absolute Gasteiger partial charge is 0.454 e. The lowest BCUT2D eigenvalue weighted by Gasteiger charge is -2.07. The average molecular weight is 355 g/mol. The molecular formula is C17H14FN5O3. The van der Waals surface area contributed by atoms with Gasteiger partial charge >= 0.3 is 0 Å². The molecule has 2 aromatic carbocycles. The van der Waals surface area contributed by atoms with Crippen LogP contribution in [0, 0.1) is 5.82 Å². The van der Waals surface area contributed by atoms with Gasteiger partial charge in [0, 0.05) is 12.2 Å². The Morgan fingerprint density at radius 1 is 1.15 bits per heavy atom. The van der Waals surface area contributed by atoms with E-state index < -0.39 is 11.7 Å². The summed E-state index contributed by atoms with van der Waals surface area (Å²) in [6, 6.07) is 11.3. The zero-order valence-electron chi connectivity index (χ0n) is 13.5. The minimum absolute atomic E-state index is 0.0787. The third-order valence-electron chi connectivity index (χ3n) is 3.74. The summed E-state index contributed by atoms with van der Waals surface area (Å²) < 4.78 is 23.8. The Bertz CT molecular complexity index is 959. The van der Waals surface area contributed by atoms with Crippen LogP contribution in [0.4, 0.5) is 15.9 Å². The zero-order valence-corrected chi connectivity index (χ0v) is 13.5. The monoisotopic (exact) mass is 355 g/mol. The van der Waals surface area contributed by atoms with Gasteiger partial charge in [0.1, 0.15) is 5.82 Å². The first-order valence-electron chi connectivity index (χ1n) is 7.79. The Morgan fingerprint density at radius 2 is 2.04 bits per heavy atom. The number of hydrogen-bond acceptors (Lipinski definition) is 6. The second-order valence-electron chi connectivity index (χ2n) is 5.53. The van der Waals surface area contributed by atoms with Crippen LogP contribution >= 0.6 is 0 Å². The Labute approximate surface area is 147 Å². The number of H-pyrrole nitrogens is 1. The van der Waals surface area contributed by atoms with E-state index in [1.807, 2.05) is 6.07 Å². The molecule has 3 aromatic rings. The van der Waals surface area contributed by atoms with Crippen LogP contribution in [0.3, 0.4) is 0 Å². The quantitative estimate of drug-likeness (QED) is 0.649. The predicted molar refractivity (Wildman–Crippen MR) is 89.8 cm³/mol. The number of hydrogen-bond donors (Lipinski definition) is 3. The van der Waals surface area contributed by atoms with E-state index in [1.165, 1.54) is 12.1 Å². The third kappa shape index (κ3) is 3.27. The van der Waals surface area contributed by atoms with Crippen molar-refractivity contribution in [3.05, 3.63) is 59.5 Å². The number of benzene rings is 2. The van der Waals surface area contributed by atoms with E-state index in [9.17, 15) is 9.18 Å². The lowest BCUT2D eigenvalue weighted by molar-refractivity contribution is 0.0946. The summed E-state index contributed by atoms with van der Waals surface area (Å²) >= 11 is 0. The van der Waals surface area contributed by atoms with Crippen molar-refractivity contribution in [3.8, 4) is 11.5 Å². The molecule has 1 amide bonds. The van der Waals surface area contributed by atoms with Gasteiger partial charge in [-0.25, -0.2) is 4.39 Å². The van der Waals surface area contributed by atoms with E-state index in [0.717, 1.165) is 5.56 Å². The van der Waals surface area contributed by atoms with Crippen molar-refractivity contribution in [1.29, 1.82) is 0 Å². The molecule has 1 aliphatic rings. The van der Waals surface area contributed by atoms with Crippen molar-refractivity contribution in [3.63, 3.8) is 0 Å². The van der Waals surface area contributed by atoms with E-state index in [4.69, 9.17) is 9.47 Å². The fourth-order valence-electron chi connectivity index (χ4n) is 2.50. The normalized spacial score (nSPS) is 12.0. The molecule has 1 aliphatic heterocycles. The highest BCUT2D eigenvalue weighted by Gasteiger charge is 2.18. The molecule has 0 bridgehead atoms. The van der Waals surface area contributed by atoms with Gasteiger partial charge in [-0.1, -0.05) is 12.1 Å². The van der Waals surface area contributed by atoms with Gasteiger partial charge in [0.2, 0.25) is 6.79 Å². The van der Waals surface area contributed by atoms with Gasteiger partial charge < -0.3 is 20.1 Å². The Balaban J connectivity index is 1.43. The third-order valence-corrected chi connectivity index (χ3v) is 3.74. The lowest BCUT2D eigenvalue weighted by Crippen LogP contribution is -2.24. The molecule has 1 aromatic heterocycles. The summed E-state index contributed by atoms with van der Waals surface area (Å²) in [5.41, 5.74) is 1.39. The van der Waals surface area contributed by atoms with E-state index in [2.05, 4.69) is 26.0 Å². The molecule has 3 N–H and O–H groups in total. The Hall–Kier alpha value is -3.62. The number of rotatable bonds is 5. The molecule has 4 rings (SSSR count). The molecule has 0 fully saturated rings. The molecule has 0 atom stereocenters. The smallest absolute Gasteiger partial charge is 0.275 e. The number of halogens is 1. The van der Waals surface area contributed by atoms with E-state index in [-0.39, 0.29) is 24.8 Å². The number of fused-ring (bicyclic) bond motifs is 1. The molecule has 0 unspecified atom stereocenters. The molecule has 0 radical (unpaired) electrons. The standard InChI is InChI=1S/C17H14FN5O3/c18-11-2-1-3-12(7-11)20-16-15(21-23-22-16)17(24)19-8-10-4-5-13-14(6-10)26-9-25-13/h1-7H,8-9H2,(H,19,24)(H2,20,21,22,23). The first-order chi connectivity index (χ1) is 12.7. The molecule has 0 saturated heterocycles. The molecule has 0 saturated carbocycles. The minimum atomic E-state index is -0.421. The van der Waals surface area contributed by atoms with E-state index >= 15 is 0 Å². The number of amides is 1. The average Bonchev–Trinajstić information content (AvgIpc) is 3.28. The van der Waals surface area contributed by atoms with Gasteiger partial charge in [-0.05, 0) is 35.9 Å². The van der Waals surface area contributed by atoms with Crippen molar-refractivity contribution in [2.75, 3.05) is 12.1 Å². The fraction of sp³-hybridized carbons (Fsp3) is 0.118. The van der Waals surface area contributed by atoms with Gasteiger partial charge in [0.25, 0.3) is 5.91 Å². The molecular weight excluding hydrogens is 341 g/mol. The van der Waals surface area contributed by atoms with Crippen molar-refractivity contribution < 1.29 is 18.7 Å². The molecule has 8 nitrogen and oxygen atoms in total. The second kappa shape index (κ2) is 6.71. The summed E-state index contributed by atoms with van der Waals surface area (Å²) in [4.78, 5) is 12.4. The minimum Gasteiger partial charge on any atom is -0.454 e. The van der Waals surface area contributed by atoms with Crippen LogP contribution in [-0.4, -0.2) is 28.1 Å². The highest BCUT2D eigenvalue weighted by molar-refractivity contribution is 5.97. The van der Waals surface area contributed by atoms with Crippen molar-refractivity contribution >= 4 is 17.4 Å². The summed E-state index contributed by atoms with van der Waals surface area (Å²) in [6.07, 6.45) is 0. The highest BCUT2D eigenvalue weighted by Crippen LogP contribution is 2.32. The number of carbonyl (C=O) groups excluding carboxylic acids is 1. The number of nitrogens with zero attached hydrogens (tertiary/aromatic N) is 2. The van der Waals surface area contributed by atoms with Crippen LogP contribution in [0.5, 0.6) is 11.5 Å². The zero-order chi connectivity index (χ0) is 17.9. The van der Waals surface area contributed by atoms with Crippen LogP contribution in [0.2, 0.25) is 0 Å². The SMILES string of the molecule is O=C(NCc1ccc2c(c1)OCO2)c1n[nH]nc1Nc1cccc(F)c1. The molecule has 0 spiro atoms. The highest BCUT2D eigenvalue weighted by atomic mass is 19.1. The van der Waals surface area contributed by atoms with Gasteiger partial charge in [0.15, 0.2) is 23.0 Å². The van der Waals surface area contributed by atoms with Crippen molar-refractivity contribution in [2.24, 2.45) is 0 Å². The topological polar surface area (TPSA) is 101 Å². The first-order valence-corrected chi connectivity index (χ1v) is 7.79. The van der Waals surface area contributed by atoms with Crippen LogP contribution in [0.25, 0.3) is 0 Å². The van der Waals surface area contributed by atoms with Crippen molar-refractivity contribution in [1.82, 2.24) is 20.7 Å². The maximum atomic E-state index is 13.3. The fourth-order valence-corrected chi connectivity index (χ4v) is 2.50. The van der Waals surface area contributed by atoms with Gasteiger partial charge in [-0.2, -0.15) is 5.21 Å². The molecule has 0 aliphatic carbocycles. The number of aromatic nitrogens is 3.